The number of rotatable bonds is 4. The van der Waals surface area contributed by atoms with Gasteiger partial charge in [-0.1, -0.05) is 12.1 Å². The van der Waals surface area contributed by atoms with E-state index in [4.69, 9.17) is 4.42 Å². The molecule has 0 aliphatic heterocycles. The largest absolute Gasteiger partial charge is 0.456 e. The summed E-state index contributed by atoms with van der Waals surface area (Å²) >= 11 is 0. The molecule has 0 saturated carbocycles. The molecule has 0 aliphatic carbocycles. The van der Waals surface area contributed by atoms with E-state index >= 15 is 0 Å². The van der Waals surface area contributed by atoms with Gasteiger partial charge in [-0.05, 0) is 25.5 Å². The fraction of sp³-hybridized carbons (Fsp3) is 0.417. The van der Waals surface area contributed by atoms with Crippen molar-refractivity contribution in [3.63, 3.8) is 0 Å². The molecule has 0 spiro atoms. The van der Waals surface area contributed by atoms with Crippen molar-refractivity contribution in [3.8, 4) is 0 Å². The second-order valence-corrected chi connectivity index (χ2v) is 4.05. The maximum absolute atomic E-state index is 11.9. The highest BCUT2D eigenvalue weighted by Gasteiger charge is 2.18. The minimum Gasteiger partial charge on any atom is -0.456 e. The van der Waals surface area contributed by atoms with Gasteiger partial charge in [-0.3, -0.25) is 4.79 Å². The van der Waals surface area contributed by atoms with Gasteiger partial charge in [-0.15, -0.1) is 0 Å². The smallest absolute Gasteiger partial charge is 0.287 e. The lowest BCUT2D eigenvalue weighted by molar-refractivity contribution is 0.0908. The summed E-state index contributed by atoms with van der Waals surface area (Å²) in [6.45, 7) is 5.68. The van der Waals surface area contributed by atoms with Crippen molar-refractivity contribution < 1.29 is 13.7 Å². The van der Waals surface area contributed by atoms with Crippen molar-refractivity contribution in [2.45, 2.75) is 33.2 Å². The van der Waals surface area contributed by atoms with Crippen LogP contribution in [0.5, 0.6) is 0 Å². The molecule has 6 nitrogen and oxygen atoms in total. The minimum absolute atomic E-state index is 0.282. The number of aromatic nitrogens is 2. The van der Waals surface area contributed by atoms with E-state index in [1.807, 2.05) is 13.8 Å². The Balaban J connectivity index is 2.07. The van der Waals surface area contributed by atoms with Gasteiger partial charge in [0.2, 0.25) is 6.39 Å². The highest BCUT2D eigenvalue weighted by Crippen LogP contribution is 2.16. The van der Waals surface area contributed by atoms with E-state index in [1.165, 1.54) is 6.39 Å². The molecule has 1 N–H and O–H groups in total. The normalized spacial score (nSPS) is 12.4. The maximum Gasteiger partial charge on any atom is 0.287 e. The molecule has 2 aromatic heterocycles. The van der Waals surface area contributed by atoms with E-state index in [1.54, 1.807) is 13.0 Å². The lowest BCUT2D eigenvalue weighted by Crippen LogP contribution is -2.26. The zero-order chi connectivity index (χ0) is 13.1. The van der Waals surface area contributed by atoms with Crippen LogP contribution in [0.4, 0.5) is 0 Å². The highest BCUT2D eigenvalue weighted by molar-refractivity contribution is 5.91. The third-order valence-corrected chi connectivity index (χ3v) is 2.68. The monoisotopic (exact) mass is 249 g/mol. The molecule has 0 aromatic carbocycles. The van der Waals surface area contributed by atoms with E-state index in [0.717, 1.165) is 17.7 Å². The van der Waals surface area contributed by atoms with E-state index < -0.39 is 0 Å². The standard InChI is InChI=1S/C12H15N3O3/c1-4-9-7(2)5-10(18-9)12(16)14-8(3)11-13-6-17-15-11/h5-6,8H,4H2,1-3H3,(H,14,16). The Morgan fingerprint density at radius 3 is 2.89 bits per heavy atom. The van der Waals surface area contributed by atoms with Gasteiger partial charge in [0.25, 0.3) is 5.91 Å². The number of nitrogens with zero attached hydrogens (tertiary/aromatic N) is 2. The molecule has 0 saturated heterocycles. The summed E-state index contributed by atoms with van der Waals surface area (Å²) in [7, 11) is 0. The third kappa shape index (κ3) is 2.42. The van der Waals surface area contributed by atoms with Crippen LogP contribution in [-0.2, 0) is 6.42 Å². The average molecular weight is 249 g/mol. The predicted molar refractivity (Wildman–Crippen MR) is 63.0 cm³/mol. The van der Waals surface area contributed by atoms with Crippen molar-refractivity contribution >= 4 is 5.91 Å². The zero-order valence-electron chi connectivity index (χ0n) is 10.6. The number of hydrogen-bond donors (Lipinski definition) is 1. The van der Waals surface area contributed by atoms with Gasteiger partial charge in [0.05, 0.1) is 6.04 Å². The van der Waals surface area contributed by atoms with Gasteiger partial charge >= 0.3 is 0 Å². The lowest BCUT2D eigenvalue weighted by Gasteiger charge is -2.07. The first-order chi connectivity index (χ1) is 8.61. The Bertz CT molecular complexity index is 531. The molecule has 2 aromatic rings. The van der Waals surface area contributed by atoms with E-state index in [0.29, 0.717) is 11.6 Å². The topological polar surface area (TPSA) is 81.2 Å². The van der Waals surface area contributed by atoms with Gasteiger partial charge in [0.1, 0.15) is 5.76 Å². The Labute approximate surface area is 104 Å². The lowest BCUT2D eigenvalue weighted by atomic mass is 10.2. The third-order valence-electron chi connectivity index (χ3n) is 2.68. The fourth-order valence-electron chi connectivity index (χ4n) is 1.68. The molecular formula is C12H15N3O3. The number of nitrogens with one attached hydrogen (secondary N) is 1. The van der Waals surface area contributed by atoms with Crippen LogP contribution in [0, 0.1) is 6.92 Å². The van der Waals surface area contributed by atoms with Crippen molar-refractivity contribution in [1.82, 2.24) is 15.5 Å². The Morgan fingerprint density at radius 2 is 2.33 bits per heavy atom. The molecule has 96 valence electrons. The number of aryl methyl sites for hydroxylation is 2. The average Bonchev–Trinajstić information content (AvgIpc) is 2.97. The van der Waals surface area contributed by atoms with Crippen LogP contribution < -0.4 is 5.32 Å². The quantitative estimate of drug-likeness (QED) is 0.896. The first kappa shape index (κ1) is 12.3. The second kappa shape index (κ2) is 5.03. The van der Waals surface area contributed by atoms with Gasteiger partial charge < -0.3 is 14.3 Å². The van der Waals surface area contributed by atoms with Crippen molar-refractivity contribution in [2.24, 2.45) is 0 Å². The summed E-state index contributed by atoms with van der Waals surface area (Å²) in [5, 5.41) is 6.42. The zero-order valence-corrected chi connectivity index (χ0v) is 10.6. The summed E-state index contributed by atoms with van der Waals surface area (Å²) < 4.78 is 10.1. The molecular weight excluding hydrogens is 234 g/mol. The Hall–Kier alpha value is -2.11. The van der Waals surface area contributed by atoms with Gasteiger partial charge in [-0.2, -0.15) is 4.98 Å². The molecule has 2 rings (SSSR count). The van der Waals surface area contributed by atoms with Gasteiger partial charge in [0, 0.05) is 6.42 Å². The second-order valence-electron chi connectivity index (χ2n) is 4.05. The summed E-state index contributed by atoms with van der Waals surface area (Å²) in [5.41, 5.74) is 0.981. The van der Waals surface area contributed by atoms with Crippen LogP contribution in [-0.4, -0.2) is 16.0 Å². The molecule has 0 fully saturated rings. The fourth-order valence-corrected chi connectivity index (χ4v) is 1.68. The Kier molecular flexibility index (Phi) is 3.45. The molecule has 0 radical (unpaired) electrons. The highest BCUT2D eigenvalue weighted by atomic mass is 16.5. The maximum atomic E-state index is 11.9. The van der Waals surface area contributed by atoms with Crippen molar-refractivity contribution in [2.75, 3.05) is 0 Å². The molecule has 2 heterocycles. The molecule has 1 atom stereocenters. The molecule has 18 heavy (non-hydrogen) atoms. The van der Waals surface area contributed by atoms with Crippen LogP contribution in [0.25, 0.3) is 0 Å². The minimum atomic E-state index is -0.327. The summed E-state index contributed by atoms with van der Waals surface area (Å²) in [6.07, 6.45) is 1.99. The number of carbonyl (C=O) groups is 1. The molecule has 0 aliphatic rings. The first-order valence-corrected chi connectivity index (χ1v) is 5.78. The number of amides is 1. The summed E-state index contributed by atoms with van der Waals surface area (Å²) in [4.78, 5) is 15.8. The van der Waals surface area contributed by atoms with Crippen molar-refractivity contribution in [3.05, 3.63) is 35.4 Å². The first-order valence-electron chi connectivity index (χ1n) is 5.78. The van der Waals surface area contributed by atoms with Gasteiger partial charge in [-0.25, -0.2) is 0 Å². The molecule has 1 amide bonds. The predicted octanol–water partition coefficient (Wildman–Crippen LogP) is 2.02. The van der Waals surface area contributed by atoms with E-state index in [-0.39, 0.29) is 11.9 Å². The SMILES string of the molecule is CCc1oc(C(=O)NC(C)c2ncon2)cc1C. The molecule has 0 bridgehead atoms. The van der Waals surface area contributed by atoms with Gasteiger partial charge in [0.15, 0.2) is 11.6 Å². The molecule has 6 heteroatoms. The van der Waals surface area contributed by atoms with E-state index in [2.05, 4.69) is 20.0 Å². The van der Waals surface area contributed by atoms with Crippen molar-refractivity contribution in [1.29, 1.82) is 0 Å². The summed E-state index contributed by atoms with van der Waals surface area (Å²) in [5.74, 6) is 1.28. The number of carbonyl (C=O) groups excluding carboxylic acids is 1. The van der Waals surface area contributed by atoms with Crippen LogP contribution in [0.15, 0.2) is 21.4 Å². The molecule has 1 unspecified atom stereocenters. The van der Waals surface area contributed by atoms with E-state index in [9.17, 15) is 4.79 Å². The van der Waals surface area contributed by atoms with Crippen LogP contribution in [0.2, 0.25) is 0 Å². The summed E-state index contributed by atoms with van der Waals surface area (Å²) in [6, 6.07) is 1.41. The Morgan fingerprint density at radius 1 is 1.56 bits per heavy atom. The van der Waals surface area contributed by atoms with Crippen LogP contribution in [0.3, 0.4) is 0 Å². The van der Waals surface area contributed by atoms with Crippen LogP contribution >= 0.6 is 0 Å². The number of hydrogen-bond acceptors (Lipinski definition) is 5. The number of furan rings is 1. The van der Waals surface area contributed by atoms with Crippen LogP contribution in [0.1, 0.15) is 47.6 Å².